The maximum Gasteiger partial charge on any atom is 0.146 e. The highest BCUT2D eigenvalue weighted by Crippen LogP contribution is 1.96. The molecule has 1 N–H and O–H groups in total. The highest BCUT2D eigenvalue weighted by atomic mass is 15.3. The Labute approximate surface area is 101 Å². The maximum atomic E-state index is 4.15. The van der Waals surface area contributed by atoms with Crippen LogP contribution in [0.1, 0.15) is 18.1 Å². The average molecular weight is 234 g/mol. The fourth-order valence-electron chi connectivity index (χ4n) is 1.60. The second-order valence-electron chi connectivity index (χ2n) is 4.02. The van der Waals surface area contributed by atoms with Crippen molar-refractivity contribution in [1.29, 1.82) is 0 Å². The van der Waals surface area contributed by atoms with E-state index >= 15 is 0 Å². The first kappa shape index (κ1) is 11.8. The standard InChI is InChI=1S/C11H18N6/c1-10-14-15-11(16(10)2)9-12-5-3-7-17-8-4-6-13-17/h4,6,8,12H,3,5,7,9H2,1-2H3. The van der Waals surface area contributed by atoms with E-state index in [1.54, 1.807) is 6.20 Å². The Morgan fingerprint density at radius 3 is 2.88 bits per heavy atom. The van der Waals surface area contributed by atoms with Gasteiger partial charge < -0.3 is 9.88 Å². The topological polar surface area (TPSA) is 60.6 Å². The maximum absolute atomic E-state index is 4.15. The first-order valence-corrected chi connectivity index (χ1v) is 5.80. The summed E-state index contributed by atoms with van der Waals surface area (Å²) in [6.07, 6.45) is 4.83. The van der Waals surface area contributed by atoms with Crippen LogP contribution in [0.2, 0.25) is 0 Å². The van der Waals surface area contributed by atoms with Crippen LogP contribution in [0.5, 0.6) is 0 Å². The summed E-state index contributed by atoms with van der Waals surface area (Å²) in [5.74, 6) is 1.92. The second-order valence-corrected chi connectivity index (χ2v) is 4.02. The molecule has 0 fully saturated rings. The molecule has 0 saturated carbocycles. The van der Waals surface area contributed by atoms with E-state index in [9.17, 15) is 0 Å². The normalized spacial score (nSPS) is 10.9. The van der Waals surface area contributed by atoms with Crippen LogP contribution in [0.25, 0.3) is 0 Å². The smallest absolute Gasteiger partial charge is 0.146 e. The summed E-state index contributed by atoms with van der Waals surface area (Å²) in [4.78, 5) is 0. The third-order valence-electron chi connectivity index (χ3n) is 2.77. The fourth-order valence-corrected chi connectivity index (χ4v) is 1.60. The Morgan fingerprint density at radius 2 is 2.24 bits per heavy atom. The molecule has 92 valence electrons. The number of hydrogen-bond donors (Lipinski definition) is 1. The predicted octanol–water partition coefficient (Wildman–Crippen LogP) is 0.500. The van der Waals surface area contributed by atoms with Crippen molar-refractivity contribution in [1.82, 2.24) is 29.9 Å². The molecule has 17 heavy (non-hydrogen) atoms. The van der Waals surface area contributed by atoms with E-state index in [-0.39, 0.29) is 0 Å². The van der Waals surface area contributed by atoms with Crippen LogP contribution in [-0.4, -0.2) is 31.1 Å². The van der Waals surface area contributed by atoms with Crippen molar-refractivity contribution < 1.29 is 0 Å². The summed E-state index contributed by atoms with van der Waals surface area (Å²) in [7, 11) is 1.98. The van der Waals surface area contributed by atoms with Gasteiger partial charge >= 0.3 is 0 Å². The lowest BCUT2D eigenvalue weighted by molar-refractivity contribution is 0.534. The van der Waals surface area contributed by atoms with Gasteiger partial charge in [-0.1, -0.05) is 0 Å². The van der Waals surface area contributed by atoms with E-state index in [1.165, 1.54) is 0 Å². The Bertz CT molecular complexity index is 444. The van der Waals surface area contributed by atoms with Gasteiger partial charge in [-0.15, -0.1) is 10.2 Å². The van der Waals surface area contributed by atoms with E-state index in [4.69, 9.17) is 0 Å². The second kappa shape index (κ2) is 5.58. The van der Waals surface area contributed by atoms with Gasteiger partial charge in [0, 0.05) is 26.0 Å². The van der Waals surface area contributed by atoms with Gasteiger partial charge in [-0.3, -0.25) is 4.68 Å². The molecule has 2 aromatic rings. The number of aryl methyl sites for hydroxylation is 2. The zero-order valence-corrected chi connectivity index (χ0v) is 10.3. The van der Waals surface area contributed by atoms with Crippen molar-refractivity contribution in [3.05, 3.63) is 30.1 Å². The fraction of sp³-hybridized carbons (Fsp3) is 0.545. The summed E-state index contributed by atoms with van der Waals surface area (Å²) < 4.78 is 3.94. The summed E-state index contributed by atoms with van der Waals surface area (Å²) in [6, 6.07) is 1.94. The molecule has 0 aliphatic carbocycles. The van der Waals surface area contributed by atoms with E-state index in [0.29, 0.717) is 0 Å². The summed E-state index contributed by atoms with van der Waals surface area (Å²) in [5.41, 5.74) is 0. The van der Waals surface area contributed by atoms with E-state index in [0.717, 1.165) is 37.7 Å². The molecule has 2 aromatic heterocycles. The first-order valence-electron chi connectivity index (χ1n) is 5.80. The van der Waals surface area contributed by atoms with Gasteiger partial charge in [0.05, 0.1) is 6.54 Å². The lowest BCUT2D eigenvalue weighted by Crippen LogP contribution is -2.19. The van der Waals surface area contributed by atoms with E-state index in [2.05, 4.69) is 20.6 Å². The zero-order valence-electron chi connectivity index (χ0n) is 10.3. The molecule has 0 spiro atoms. The van der Waals surface area contributed by atoms with Crippen LogP contribution in [0.15, 0.2) is 18.5 Å². The molecule has 2 rings (SSSR count). The van der Waals surface area contributed by atoms with Crippen LogP contribution in [0, 0.1) is 6.92 Å². The molecule has 0 bridgehead atoms. The van der Waals surface area contributed by atoms with Gasteiger partial charge in [-0.2, -0.15) is 5.10 Å². The van der Waals surface area contributed by atoms with Gasteiger partial charge in [0.15, 0.2) is 0 Å². The van der Waals surface area contributed by atoms with Crippen LogP contribution in [0.3, 0.4) is 0 Å². The monoisotopic (exact) mass is 234 g/mol. The molecule has 0 atom stereocenters. The largest absolute Gasteiger partial charge is 0.317 e. The Kier molecular flexibility index (Phi) is 3.87. The molecule has 6 nitrogen and oxygen atoms in total. The van der Waals surface area contributed by atoms with Crippen molar-refractivity contribution in [2.24, 2.45) is 7.05 Å². The number of nitrogens with one attached hydrogen (secondary N) is 1. The molecule has 0 aliphatic rings. The Hall–Kier alpha value is -1.69. The molecule has 0 amide bonds. The summed E-state index contributed by atoms with van der Waals surface area (Å²) in [6.45, 7) is 4.61. The summed E-state index contributed by atoms with van der Waals surface area (Å²) in [5, 5.41) is 15.6. The minimum atomic E-state index is 0.760. The molecule has 0 saturated heterocycles. The minimum Gasteiger partial charge on any atom is -0.317 e. The highest BCUT2D eigenvalue weighted by Gasteiger charge is 2.03. The average Bonchev–Trinajstić information content (AvgIpc) is 2.93. The SMILES string of the molecule is Cc1nnc(CNCCCn2cccn2)n1C. The molecule has 0 aromatic carbocycles. The molecule has 0 unspecified atom stereocenters. The quantitative estimate of drug-likeness (QED) is 0.739. The highest BCUT2D eigenvalue weighted by molar-refractivity contribution is 4.91. The number of nitrogens with zero attached hydrogens (tertiary/aromatic N) is 5. The first-order chi connectivity index (χ1) is 8.27. The van der Waals surface area contributed by atoms with Gasteiger partial charge in [0.1, 0.15) is 11.6 Å². The van der Waals surface area contributed by atoms with Gasteiger partial charge in [0.2, 0.25) is 0 Å². The summed E-state index contributed by atoms with van der Waals surface area (Å²) >= 11 is 0. The van der Waals surface area contributed by atoms with E-state index in [1.807, 2.05) is 35.5 Å². The van der Waals surface area contributed by atoms with Crippen LogP contribution < -0.4 is 5.32 Å². The van der Waals surface area contributed by atoms with Gasteiger partial charge in [-0.25, -0.2) is 0 Å². The molecule has 0 radical (unpaired) electrons. The van der Waals surface area contributed by atoms with Crippen molar-refractivity contribution in [2.75, 3.05) is 6.54 Å². The lowest BCUT2D eigenvalue weighted by atomic mass is 10.4. The van der Waals surface area contributed by atoms with Gasteiger partial charge in [-0.05, 0) is 26.0 Å². The molecule has 6 heteroatoms. The van der Waals surface area contributed by atoms with Gasteiger partial charge in [0.25, 0.3) is 0 Å². The number of rotatable bonds is 6. The molecular formula is C11H18N6. The van der Waals surface area contributed by atoms with E-state index < -0.39 is 0 Å². The van der Waals surface area contributed by atoms with Crippen molar-refractivity contribution in [3.8, 4) is 0 Å². The van der Waals surface area contributed by atoms with Crippen molar-refractivity contribution >= 4 is 0 Å². The molecule has 2 heterocycles. The minimum absolute atomic E-state index is 0.760. The van der Waals surface area contributed by atoms with Crippen LogP contribution >= 0.6 is 0 Å². The predicted molar refractivity (Wildman–Crippen MR) is 64.3 cm³/mol. The van der Waals surface area contributed by atoms with Crippen molar-refractivity contribution in [2.45, 2.75) is 26.4 Å². The van der Waals surface area contributed by atoms with Crippen molar-refractivity contribution in [3.63, 3.8) is 0 Å². The third kappa shape index (κ3) is 3.13. The molecular weight excluding hydrogens is 216 g/mol. The Balaban J connectivity index is 1.65. The Morgan fingerprint density at radius 1 is 1.35 bits per heavy atom. The third-order valence-corrected chi connectivity index (χ3v) is 2.77. The van der Waals surface area contributed by atoms with Crippen LogP contribution in [-0.2, 0) is 20.1 Å². The number of hydrogen-bond acceptors (Lipinski definition) is 4. The zero-order chi connectivity index (χ0) is 12.1. The number of aromatic nitrogens is 5. The lowest BCUT2D eigenvalue weighted by Gasteiger charge is -2.05. The van der Waals surface area contributed by atoms with Crippen LogP contribution in [0.4, 0.5) is 0 Å². The molecule has 0 aliphatic heterocycles.